The molecule has 0 saturated heterocycles. The molecule has 6 heteroatoms. The van der Waals surface area contributed by atoms with Gasteiger partial charge in [-0.15, -0.1) is 0 Å². The Morgan fingerprint density at radius 3 is 2.52 bits per heavy atom. The van der Waals surface area contributed by atoms with Crippen molar-refractivity contribution in [2.24, 2.45) is 0 Å². The minimum Gasteiger partial charge on any atom is -0.469 e. The van der Waals surface area contributed by atoms with Gasteiger partial charge >= 0.3 is 12.1 Å². The van der Waals surface area contributed by atoms with Crippen LogP contribution in [0.15, 0.2) is 18.3 Å². The highest BCUT2D eigenvalue weighted by Gasteiger charge is 2.24. The van der Waals surface area contributed by atoms with Crippen LogP contribution in [0.4, 0.5) is 10.6 Å². The van der Waals surface area contributed by atoms with Gasteiger partial charge in [0.05, 0.1) is 7.11 Å². The van der Waals surface area contributed by atoms with Crippen molar-refractivity contribution in [2.45, 2.75) is 52.6 Å². The highest BCUT2D eigenvalue weighted by Crippen LogP contribution is 2.18. The summed E-state index contributed by atoms with van der Waals surface area (Å²) < 4.78 is 10.1. The van der Waals surface area contributed by atoms with Gasteiger partial charge in [0.2, 0.25) is 0 Å². The lowest BCUT2D eigenvalue weighted by atomic mass is 10.2. The minimum absolute atomic E-state index is 0.248. The maximum Gasteiger partial charge on any atom is 0.416 e. The molecule has 0 aromatic carbocycles. The number of amides is 1. The van der Waals surface area contributed by atoms with Crippen LogP contribution in [0.3, 0.4) is 0 Å². The van der Waals surface area contributed by atoms with E-state index in [-0.39, 0.29) is 5.97 Å². The van der Waals surface area contributed by atoms with Crippen molar-refractivity contribution in [1.29, 1.82) is 0 Å². The zero-order chi connectivity index (χ0) is 17.5. The number of ether oxygens (including phenoxy) is 2. The van der Waals surface area contributed by atoms with Crippen molar-refractivity contribution >= 4 is 17.9 Å². The summed E-state index contributed by atoms with van der Waals surface area (Å²) in [5.41, 5.74) is 0.434. The SMILES string of the molecule is COC(=O)CCCCN(C(=O)OC(C)(C)C)c1cc(C)ccn1. The first kappa shape index (κ1) is 18.9. The molecule has 1 heterocycles. The predicted octanol–water partition coefficient (Wildman–Crippen LogP) is 3.47. The van der Waals surface area contributed by atoms with Crippen LogP contribution in [0.5, 0.6) is 0 Å². The second-order valence-corrected chi connectivity index (χ2v) is 6.36. The van der Waals surface area contributed by atoms with Crippen LogP contribution in [0.25, 0.3) is 0 Å². The Morgan fingerprint density at radius 2 is 1.96 bits per heavy atom. The highest BCUT2D eigenvalue weighted by atomic mass is 16.6. The standard InChI is InChI=1S/C17H26N2O4/c1-13-9-10-18-14(12-13)19(16(21)23-17(2,3)4)11-7-6-8-15(20)22-5/h9-10,12H,6-8,11H2,1-5H3. The maximum atomic E-state index is 12.4. The van der Waals surface area contributed by atoms with Gasteiger partial charge in [0.15, 0.2) is 0 Å². The summed E-state index contributed by atoms with van der Waals surface area (Å²) in [7, 11) is 1.37. The number of hydrogen-bond acceptors (Lipinski definition) is 5. The molecule has 1 aromatic rings. The van der Waals surface area contributed by atoms with Crippen LogP contribution in [0.2, 0.25) is 0 Å². The molecule has 0 bridgehead atoms. The van der Waals surface area contributed by atoms with Crippen molar-refractivity contribution in [3.8, 4) is 0 Å². The smallest absolute Gasteiger partial charge is 0.416 e. The fourth-order valence-electron chi connectivity index (χ4n) is 1.93. The molecule has 128 valence electrons. The van der Waals surface area contributed by atoms with Crippen LogP contribution in [0, 0.1) is 6.92 Å². The van der Waals surface area contributed by atoms with E-state index in [4.69, 9.17) is 4.74 Å². The van der Waals surface area contributed by atoms with Crippen molar-refractivity contribution < 1.29 is 19.1 Å². The summed E-state index contributed by atoms with van der Waals surface area (Å²) >= 11 is 0. The van der Waals surface area contributed by atoms with Gasteiger partial charge in [-0.2, -0.15) is 0 Å². The molecule has 0 atom stereocenters. The van der Waals surface area contributed by atoms with E-state index in [0.29, 0.717) is 31.6 Å². The van der Waals surface area contributed by atoms with Crippen molar-refractivity contribution in [3.63, 3.8) is 0 Å². The number of aryl methyl sites for hydroxylation is 1. The van der Waals surface area contributed by atoms with Gasteiger partial charge in [0.25, 0.3) is 0 Å². The third kappa shape index (κ3) is 7.13. The number of methoxy groups -OCH3 is 1. The topological polar surface area (TPSA) is 68.7 Å². The first-order chi connectivity index (χ1) is 10.7. The molecule has 0 unspecified atom stereocenters. The second-order valence-electron chi connectivity index (χ2n) is 6.36. The van der Waals surface area contributed by atoms with E-state index in [1.807, 2.05) is 39.8 Å². The van der Waals surface area contributed by atoms with E-state index in [1.54, 1.807) is 6.20 Å². The monoisotopic (exact) mass is 322 g/mol. The molecule has 6 nitrogen and oxygen atoms in total. The van der Waals surface area contributed by atoms with Gasteiger partial charge in [-0.1, -0.05) is 0 Å². The van der Waals surface area contributed by atoms with Crippen molar-refractivity contribution in [2.75, 3.05) is 18.6 Å². The van der Waals surface area contributed by atoms with Gasteiger partial charge in [-0.25, -0.2) is 9.78 Å². The number of hydrogen-bond donors (Lipinski definition) is 0. The average molecular weight is 322 g/mol. The first-order valence-corrected chi connectivity index (χ1v) is 7.73. The molecule has 0 aliphatic heterocycles. The lowest BCUT2D eigenvalue weighted by Gasteiger charge is -2.27. The molecular formula is C17H26N2O4. The Bertz CT molecular complexity index is 538. The Hall–Kier alpha value is -2.11. The van der Waals surface area contributed by atoms with E-state index in [2.05, 4.69) is 9.72 Å². The molecule has 1 rings (SSSR count). The Balaban J connectivity index is 2.76. The molecule has 1 amide bonds. The van der Waals surface area contributed by atoms with Crippen LogP contribution < -0.4 is 4.90 Å². The van der Waals surface area contributed by atoms with Crippen LogP contribution in [-0.4, -0.2) is 36.3 Å². The summed E-state index contributed by atoms with van der Waals surface area (Å²) in [6, 6.07) is 3.71. The van der Waals surface area contributed by atoms with Crippen LogP contribution in [-0.2, 0) is 14.3 Å². The maximum absolute atomic E-state index is 12.4. The van der Waals surface area contributed by atoms with E-state index in [9.17, 15) is 9.59 Å². The zero-order valence-corrected chi connectivity index (χ0v) is 14.6. The summed E-state index contributed by atoms with van der Waals surface area (Å²) in [6.45, 7) is 7.84. The zero-order valence-electron chi connectivity index (χ0n) is 14.6. The lowest BCUT2D eigenvalue weighted by molar-refractivity contribution is -0.140. The quantitative estimate of drug-likeness (QED) is 0.592. The number of rotatable bonds is 6. The molecule has 23 heavy (non-hydrogen) atoms. The number of unbranched alkanes of at least 4 members (excludes halogenated alkanes) is 1. The van der Waals surface area contributed by atoms with Gasteiger partial charge in [0, 0.05) is 19.2 Å². The molecule has 1 aromatic heterocycles. The van der Waals surface area contributed by atoms with Crippen molar-refractivity contribution in [3.05, 3.63) is 23.9 Å². The number of carbonyl (C=O) groups is 2. The summed E-state index contributed by atoms with van der Waals surface area (Å²) in [6.07, 6.45) is 2.85. The van der Waals surface area contributed by atoms with Gasteiger partial charge in [0.1, 0.15) is 11.4 Å². The van der Waals surface area contributed by atoms with Gasteiger partial charge < -0.3 is 9.47 Å². The third-order valence-electron chi connectivity index (χ3n) is 3.03. The summed E-state index contributed by atoms with van der Waals surface area (Å²) in [4.78, 5) is 29.3. The summed E-state index contributed by atoms with van der Waals surface area (Å²) in [5, 5.41) is 0. The van der Waals surface area contributed by atoms with Crippen LogP contribution in [0.1, 0.15) is 45.6 Å². The molecule has 0 N–H and O–H groups in total. The molecule has 0 saturated carbocycles. The minimum atomic E-state index is -0.578. The molecule has 0 radical (unpaired) electrons. The second kappa shape index (κ2) is 8.50. The normalized spacial score (nSPS) is 11.0. The number of aromatic nitrogens is 1. The van der Waals surface area contributed by atoms with Crippen LogP contribution >= 0.6 is 0 Å². The Labute approximate surface area is 137 Å². The molecular weight excluding hydrogens is 296 g/mol. The molecule has 0 aliphatic rings. The van der Waals surface area contributed by atoms with E-state index >= 15 is 0 Å². The number of esters is 1. The van der Waals surface area contributed by atoms with E-state index in [0.717, 1.165) is 5.56 Å². The number of nitrogens with zero attached hydrogens (tertiary/aromatic N) is 2. The predicted molar refractivity (Wildman–Crippen MR) is 88.4 cm³/mol. The fraction of sp³-hybridized carbons (Fsp3) is 0.588. The Morgan fingerprint density at radius 1 is 1.26 bits per heavy atom. The third-order valence-corrected chi connectivity index (χ3v) is 3.03. The van der Waals surface area contributed by atoms with Crippen molar-refractivity contribution in [1.82, 2.24) is 4.98 Å². The molecule has 0 fully saturated rings. The first-order valence-electron chi connectivity index (χ1n) is 7.73. The highest BCUT2D eigenvalue weighted by molar-refractivity contribution is 5.86. The molecule has 0 aliphatic carbocycles. The van der Waals surface area contributed by atoms with Gasteiger partial charge in [-0.05, 0) is 58.2 Å². The number of pyridine rings is 1. The van der Waals surface area contributed by atoms with E-state index in [1.165, 1.54) is 12.0 Å². The Kier molecular flexibility index (Phi) is 7.00. The average Bonchev–Trinajstić information content (AvgIpc) is 2.44. The largest absolute Gasteiger partial charge is 0.469 e. The lowest BCUT2D eigenvalue weighted by Crippen LogP contribution is -2.38. The number of carbonyl (C=O) groups excluding carboxylic acids is 2. The number of anilines is 1. The summed E-state index contributed by atoms with van der Waals surface area (Å²) in [5.74, 6) is 0.305. The fourth-order valence-corrected chi connectivity index (χ4v) is 1.93. The molecule has 0 spiro atoms. The van der Waals surface area contributed by atoms with E-state index < -0.39 is 11.7 Å². The van der Waals surface area contributed by atoms with Gasteiger partial charge in [-0.3, -0.25) is 9.69 Å².